The van der Waals surface area contributed by atoms with Crippen LogP contribution >= 0.6 is 34.8 Å². The summed E-state index contributed by atoms with van der Waals surface area (Å²) >= 11 is 17.4. The zero-order chi connectivity index (χ0) is 15.1. The van der Waals surface area contributed by atoms with Crippen molar-refractivity contribution in [2.75, 3.05) is 0 Å². The summed E-state index contributed by atoms with van der Waals surface area (Å²) in [6.07, 6.45) is -4.84. The first-order valence-corrected chi connectivity index (χ1v) is 6.22. The fourth-order valence-corrected chi connectivity index (χ4v) is 2.33. The molecular formula is C12H4Cl3F4N. The van der Waals surface area contributed by atoms with Gasteiger partial charge in [-0.3, -0.25) is 0 Å². The lowest BCUT2D eigenvalue weighted by atomic mass is 10.0. The summed E-state index contributed by atoms with van der Waals surface area (Å²) in [5, 5.41) is -0.0200. The Morgan fingerprint density at radius 3 is 2.20 bits per heavy atom. The monoisotopic (exact) mass is 343 g/mol. The van der Waals surface area contributed by atoms with E-state index in [1.165, 1.54) is 12.1 Å². The molecule has 106 valence electrons. The van der Waals surface area contributed by atoms with Gasteiger partial charge >= 0.3 is 6.18 Å². The molecule has 2 aromatic rings. The Balaban J connectivity index is 2.77. The van der Waals surface area contributed by atoms with E-state index in [2.05, 4.69) is 4.98 Å². The van der Waals surface area contributed by atoms with Crippen molar-refractivity contribution in [3.05, 3.63) is 51.0 Å². The van der Waals surface area contributed by atoms with Crippen molar-refractivity contribution in [2.45, 2.75) is 6.18 Å². The second kappa shape index (κ2) is 5.39. The summed E-state index contributed by atoms with van der Waals surface area (Å²) in [5.41, 5.74) is -1.85. The molecule has 0 bridgehead atoms. The summed E-state index contributed by atoms with van der Waals surface area (Å²) in [6.45, 7) is 0. The standard InChI is InChI=1S/C12H4Cl3F4N/c13-5-3-7(10(15)8(14)4-5)6-1-2-9(16)20-11(6)12(17,18)19/h1-4H. The van der Waals surface area contributed by atoms with Crippen molar-refractivity contribution in [2.24, 2.45) is 0 Å². The second-order valence-electron chi connectivity index (χ2n) is 3.78. The Bertz CT molecular complexity index is 670. The fourth-order valence-electron chi connectivity index (χ4n) is 1.62. The van der Waals surface area contributed by atoms with Gasteiger partial charge in [0.1, 0.15) is 0 Å². The summed E-state index contributed by atoms with van der Waals surface area (Å²) in [6, 6.07) is 4.23. The van der Waals surface area contributed by atoms with Crippen LogP contribution in [0.25, 0.3) is 11.1 Å². The van der Waals surface area contributed by atoms with Crippen LogP contribution in [0.3, 0.4) is 0 Å². The van der Waals surface area contributed by atoms with Crippen LogP contribution < -0.4 is 0 Å². The maximum absolute atomic E-state index is 13.0. The Hall–Kier alpha value is -1.04. The highest BCUT2D eigenvalue weighted by Crippen LogP contribution is 2.41. The number of nitrogens with zero attached hydrogens (tertiary/aromatic N) is 1. The molecule has 0 saturated heterocycles. The smallest absolute Gasteiger partial charge is 0.215 e. The molecule has 2 rings (SSSR count). The van der Waals surface area contributed by atoms with E-state index in [4.69, 9.17) is 34.8 Å². The summed E-state index contributed by atoms with van der Waals surface area (Å²) in [4.78, 5) is 2.88. The third-order valence-corrected chi connectivity index (χ3v) is 3.43. The van der Waals surface area contributed by atoms with Gasteiger partial charge in [0.15, 0.2) is 5.69 Å². The molecule has 0 atom stereocenters. The predicted molar refractivity (Wildman–Crippen MR) is 69.7 cm³/mol. The minimum Gasteiger partial charge on any atom is -0.215 e. The molecule has 0 saturated carbocycles. The molecule has 0 radical (unpaired) electrons. The molecule has 0 spiro atoms. The van der Waals surface area contributed by atoms with E-state index in [9.17, 15) is 17.6 Å². The van der Waals surface area contributed by atoms with Gasteiger partial charge in [-0.15, -0.1) is 0 Å². The Morgan fingerprint density at radius 2 is 1.60 bits per heavy atom. The second-order valence-corrected chi connectivity index (χ2v) is 5.00. The molecule has 0 fully saturated rings. The first-order chi connectivity index (χ1) is 9.20. The largest absolute Gasteiger partial charge is 0.434 e. The molecule has 0 amide bonds. The van der Waals surface area contributed by atoms with Crippen LogP contribution in [-0.4, -0.2) is 4.98 Å². The molecule has 0 aliphatic heterocycles. The van der Waals surface area contributed by atoms with Gasteiger partial charge in [-0.2, -0.15) is 17.6 Å². The van der Waals surface area contributed by atoms with E-state index in [1.807, 2.05) is 0 Å². The zero-order valence-corrected chi connectivity index (χ0v) is 11.7. The van der Waals surface area contributed by atoms with Crippen LogP contribution in [0.15, 0.2) is 24.3 Å². The summed E-state index contributed by atoms with van der Waals surface area (Å²) < 4.78 is 51.7. The predicted octanol–water partition coefficient (Wildman–Crippen LogP) is 5.87. The molecule has 8 heteroatoms. The molecule has 20 heavy (non-hydrogen) atoms. The average molecular weight is 345 g/mol. The zero-order valence-electron chi connectivity index (χ0n) is 9.40. The first-order valence-electron chi connectivity index (χ1n) is 5.09. The van der Waals surface area contributed by atoms with E-state index in [0.29, 0.717) is 0 Å². The SMILES string of the molecule is Fc1ccc(-c2cc(Cl)cc(Cl)c2Cl)c(C(F)(F)F)n1. The highest BCUT2D eigenvalue weighted by Gasteiger charge is 2.36. The number of hydrogen-bond acceptors (Lipinski definition) is 1. The first kappa shape index (κ1) is 15.4. The molecule has 1 nitrogen and oxygen atoms in total. The maximum atomic E-state index is 13.0. The highest BCUT2D eigenvalue weighted by molar-refractivity contribution is 6.45. The Kier molecular flexibility index (Phi) is 4.14. The number of rotatable bonds is 1. The van der Waals surface area contributed by atoms with E-state index in [0.717, 1.165) is 12.1 Å². The van der Waals surface area contributed by atoms with E-state index in [1.54, 1.807) is 0 Å². The molecule has 0 aliphatic rings. The van der Waals surface area contributed by atoms with E-state index < -0.39 is 23.4 Å². The number of pyridine rings is 1. The van der Waals surface area contributed by atoms with Crippen LogP contribution in [0.4, 0.5) is 17.6 Å². The van der Waals surface area contributed by atoms with Gasteiger partial charge in [-0.1, -0.05) is 34.8 Å². The van der Waals surface area contributed by atoms with E-state index in [-0.39, 0.29) is 20.6 Å². The lowest BCUT2D eigenvalue weighted by molar-refractivity contribution is -0.141. The van der Waals surface area contributed by atoms with Crippen LogP contribution in [0.1, 0.15) is 5.69 Å². The van der Waals surface area contributed by atoms with E-state index >= 15 is 0 Å². The third kappa shape index (κ3) is 3.00. The van der Waals surface area contributed by atoms with Crippen LogP contribution in [-0.2, 0) is 6.18 Å². The van der Waals surface area contributed by atoms with Crippen LogP contribution in [0.5, 0.6) is 0 Å². The number of alkyl halides is 3. The number of aromatic nitrogens is 1. The molecule has 1 aromatic carbocycles. The minimum absolute atomic E-state index is 0.00776. The van der Waals surface area contributed by atoms with Crippen LogP contribution in [0.2, 0.25) is 15.1 Å². The normalized spacial score (nSPS) is 11.8. The summed E-state index contributed by atoms with van der Waals surface area (Å²) in [7, 11) is 0. The van der Waals surface area contributed by atoms with Gasteiger partial charge < -0.3 is 0 Å². The van der Waals surface area contributed by atoms with Gasteiger partial charge in [0.05, 0.1) is 10.0 Å². The quantitative estimate of drug-likeness (QED) is 0.358. The average Bonchev–Trinajstić information content (AvgIpc) is 2.33. The van der Waals surface area contributed by atoms with Crippen molar-refractivity contribution >= 4 is 34.8 Å². The highest BCUT2D eigenvalue weighted by atomic mass is 35.5. The molecule has 0 unspecified atom stereocenters. The van der Waals surface area contributed by atoms with Crippen molar-refractivity contribution in [3.8, 4) is 11.1 Å². The van der Waals surface area contributed by atoms with Crippen molar-refractivity contribution < 1.29 is 17.6 Å². The number of halogens is 7. The lowest BCUT2D eigenvalue weighted by Crippen LogP contribution is -2.11. The molecular weight excluding hydrogens is 340 g/mol. The third-order valence-electron chi connectivity index (χ3n) is 2.41. The van der Waals surface area contributed by atoms with Crippen molar-refractivity contribution in [1.82, 2.24) is 4.98 Å². The molecule has 1 heterocycles. The van der Waals surface area contributed by atoms with Gasteiger partial charge in [0.25, 0.3) is 0 Å². The van der Waals surface area contributed by atoms with Crippen molar-refractivity contribution in [3.63, 3.8) is 0 Å². The topological polar surface area (TPSA) is 12.9 Å². The minimum atomic E-state index is -4.84. The van der Waals surface area contributed by atoms with Gasteiger partial charge in [-0.25, -0.2) is 4.98 Å². The Labute approximate surface area is 126 Å². The van der Waals surface area contributed by atoms with Gasteiger partial charge in [0, 0.05) is 16.1 Å². The number of benzene rings is 1. The van der Waals surface area contributed by atoms with Gasteiger partial charge in [-0.05, 0) is 24.3 Å². The summed E-state index contributed by atoms with van der Waals surface area (Å²) in [5.74, 6) is -1.25. The molecule has 1 aromatic heterocycles. The molecule has 0 aliphatic carbocycles. The fraction of sp³-hybridized carbons (Fsp3) is 0.0833. The van der Waals surface area contributed by atoms with Crippen molar-refractivity contribution in [1.29, 1.82) is 0 Å². The number of hydrogen-bond donors (Lipinski definition) is 0. The van der Waals surface area contributed by atoms with Gasteiger partial charge in [0.2, 0.25) is 5.95 Å². The Morgan fingerprint density at radius 1 is 0.950 bits per heavy atom. The van der Waals surface area contributed by atoms with Crippen LogP contribution in [0, 0.1) is 5.95 Å². The lowest BCUT2D eigenvalue weighted by Gasteiger charge is -2.14. The maximum Gasteiger partial charge on any atom is 0.434 e. The molecule has 0 N–H and O–H groups in total.